The summed E-state index contributed by atoms with van der Waals surface area (Å²) in [6, 6.07) is 7.81. The van der Waals surface area contributed by atoms with E-state index in [1.807, 2.05) is 29.2 Å². The Morgan fingerprint density at radius 3 is 2.24 bits per heavy atom. The van der Waals surface area contributed by atoms with Crippen molar-refractivity contribution in [2.24, 2.45) is 11.3 Å². The molecule has 1 spiro atoms. The molecule has 5 rings (SSSR count). The first-order valence-electron chi connectivity index (χ1n) is 12.6. The summed E-state index contributed by atoms with van der Waals surface area (Å²) >= 11 is 6.03. The summed E-state index contributed by atoms with van der Waals surface area (Å²) in [5.74, 6) is 0.438. The van der Waals surface area contributed by atoms with Gasteiger partial charge in [-0.1, -0.05) is 23.7 Å². The second kappa shape index (κ2) is 9.06. The van der Waals surface area contributed by atoms with E-state index in [1.165, 1.54) is 0 Å². The molecule has 2 aliphatic heterocycles. The number of benzene rings is 1. The fraction of sp³-hybridized carbons (Fsp3) is 0.654. The molecule has 1 N–H and O–H groups in total. The molecule has 1 atom stereocenters. The average molecular weight is 488 g/mol. The molecule has 1 aromatic rings. The van der Waals surface area contributed by atoms with Crippen molar-refractivity contribution in [1.29, 1.82) is 0 Å². The number of halogens is 1. The topological polar surface area (TPSA) is 79.0 Å². The van der Waals surface area contributed by atoms with Gasteiger partial charge < -0.3 is 19.9 Å². The zero-order valence-corrected chi connectivity index (χ0v) is 20.6. The Hall–Kier alpha value is -2.28. The summed E-state index contributed by atoms with van der Waals surface area (Å²) in [7, 11) is 0. The van der Waals surface area contributed by atoms with Gasteiger partial charge in [0.25, 0.3) is 0 Å². The van der Waals surface area contributed by atoms with Crippen molar-refractivity contribution in [2.45, 2.75) is 63.3 Å². The van der Waals surface area contributed by atoms with Crippen molar-refractivity contribution in [2.75, 3.05) is 32.8 Å². The predicted molar refractivity (Wildman–Crippen MR) is 128 cm³/mol. The lowest BCUT2D eigenvalue weighted by molar-refractivity contribution is -0.135. The molecule has 34 heavy (non-hydrogen) atoms. The molecule has 8 heteroatoms. The van der Waals surface area contributed by atoms with Crippen LogP contribution >= 0.6 is 11.6 Å². The van der Waals surface area contributed by atoms with Gasteiger partial charge in [0.15, 0.2) is 0 Å². The van der Waals surface area contributed by atoms with E-state index >= 15 is 0 Å². The highest BCUT2D eigenvalue weighted by molar-refractivity contribution is 6.30. The molecule has 2 saturated carbocycles. The zero-order chi connectivity index (χ0) is 23.9. The zero-order valence-electron chi connectivity index (χ0n) is 19.9. The Bertz CT molecular complexity index is 945. The van der Waals surface area contributed by atoms with E-state index < -0.39 is 0 Å². The highest BCUT2D eigenvalue weighted by atomic mass is 35.5. The fourth-order valence-electron chi connectivity index (χ4n) is 5.97. The Morgan fingerprint density at radius 2 is 1.65 bits per heavy atom. The van der Waals surface area contributed by atoms with Crippen molar-refractivity contribution in [3.8, 4) is 0 Å². The maximum atomic E-state index is 13.4. The van der Waals surface area contributed by atoms with Gasteiger partial charge in [0, 0.05) is 43.2 Å². The first-order valence-corrected chi connectivity index (χ1v) is 13.0. The summed E-state index contributed by atoms with van der Waals surface area (Å²) in [5, 5.41) is 3.92. The van der Waals surface area contributed by atoms with Gasteiger partial charge in [0.2, 0.25) is 11.8 Å². The van der Waals surface area contributed by atoms with Gasteiger partial charge >= 0.3 is 6.09 Å². The molecule has 2 aliphatic carbocycles. The van der Waals surface area contributed by atoms with Crippen molar-refractivity contribution in [3.05, 3.63) is 34.9 Å². The number of ether oxygens (including phenoxy) is 1. The van der Waals surface area contributed by atoms with Crippen molar-refractivity contribution < 1.29 is 19.1 Å². The molecule has 2 heterocycles. The molecule has 4 fully saturated rings. The van der Waals surface area contributed by atoms with Crippen LogP contribution in [-0.4, -0.2) is 66.5 Å². The molecule has 7 nitrogen and oxygen atoms in total. The first kappa shape index (κ1) is 23.5. The van der Waals surface area contributed by atoms with E-state index in [1.54, 1.807) is 11.8 Å². The minimum absolute atomic E-state index is 0.0546. The van der Waals surface area contributed by atoms with E-state index in [0.29, 0.717) is 24.7 Å². The molecular formula is C26H34ClN3O4. The van der Waals surface area contributed by atoms with Crippen molar-refractivity contribution in [3.63, 3.8) is 0 Å². The SMILES string of the molecule is CCOC(=O)N1CCC(NC(=O)[C@H]2CC23CCN(C(=O)C2(c4ccc(Cl)cc4)CC2)CC3)CC1. The summed E-state index contributed by atoms with van der Waals surface area (Å²) in [4.78, 5) is 41.9. The number of carbonyl (C=O) groups excluding carboxylic acids is 3. The number of nitrogens with one attached hydrogen (secondary N) is 1. The normalized spacial score (nSPS) is 25.1. The fourth-order valence-corrected chi connectivity index (χ4v) is 6.10. The lowest BCUT2D eigenvalue weighted by Crippen LogP contribution is -2.48. The lowest BCUT2D eigenvalue weighted by Gasteiger charge is -2.35. The van der Waals surface area contributed by atoms with Gasteiger partial charge in [-0.15, -0.1) is 0 Å². The van der Waals surface area contributed by atoms with Gasteiger partial charge in [-0.2, -0.15) is 0 Å². The van der Waals surface area contributed by atoms with Crippen LogP contribution in [0.1, 0.15) is 57.4 Å². The molecule has 3 amide bonds. The highest BCUT2D eigenvalue weighted by Gasteiger charge is 2.60. The van der Waals surface area contributed by atoms with Crippen LogP contribution in [0.5, 0.6) is 0 Å². The van der Waals surface area contributed by atoms with Crippen LogP contribution in [0.2, 0.25) is 5.02 Å². The van der Waals surface area contributed by atoms with Gasteiger partial charge in [-0.25, -0.2) is 4.79 Å². The van der Waals surface area contributed by atoms with Crippen LogP contribution in [0.4, 0.5) is 4.79 Å². The lowest BCUT2D eigenvalue weighted by atomic mass is 9.88. The summed E-state index contributed by atoms with van der Waals surface area (Å²) in [6.07, 6.45) is 5.77. The summed E-state index contributed by atoms with van der Waals surface area (Å²) < 4.78 is 5.07. The minimum Gasteiger partial charge on any atom is -0.450 e. The quantitative estimate of drug-likeness (QED) is 0.686. The number of carbonyl (C=O) groups is 3. The molecular weight excluding hydrogens is 454 g/mol. The molecule has 0 radical (unpaired) electrons. The van der Waals surface area contributed by atoms with Crippen LogP contribution in [0.15, 0.2) is 24.3 Å². The molecule has 0 aromatic heterocycles. The van der Waals surface area contributed by atoms with Crippen LogP contribution in [0.3, 0.4) is 0 Å². The van der Waals surface area contributed by atoms with E-state index in [4.69, 9.17) is 16.3 Å². The number of amides is 3. The maximum Gasteiger partial charge on any atom is 0.409 e. The van der Waals surface area contributed by atoms with Gasteiger partial charge in [0.1, 0.15) is 0 Å². The van der Waals surface area contributed by atoms with Crippen LogP contribution in [0.25, 0.3) is 0 Å². The largest absolute Gasteiger partial charge is 0.450 e. The molecule has 0 unspecified atom stereocenters. The van der Waals surface area contributed by atoms with Gasteiger partial charge in [-0.05, 0) is 75.0 Å². The molecule has 4 aliphatic rings. The highest BCUT2D eigenvalue weighted by Crippen LogP contribution is 2.60. The maximum absolute atomic E-state index is 13.4. The minimum atomic E-state index is -0.367. The molecule has 1 aromatic carbocycles. The Balaban J connectivity index is 1.09. The number of nitrogens with zero attached hydrogens (tertiary/aromatic N) is 2. The van der Waals surface area contributed by atoms with Gasteiger partial charge in [-0.3, -0.25) is 9.59 Å². The Morgan fingerprint density at radius 1 is 1.00 bits per heavy atom. The van der Waals surface area contributed by atoms with Crippen molar-refractivity contribution >= 4 is 29.5 Å². The second-order valence-corrected chi connectivity index (χ2v) is 10.9. The van der Waals surface area contributed by atoms with E-state index in [9.17, 15) is 14.4 Å². The number of likely N-dealkylation sites (tertiary alicyclic amines) is 2. The standard InChI is InChI=1S/C26H34ClN3O4/c1-2-34-24(33)30-13-7-20(8-14-30)28-22(31)21-17-25(21)11-15-29(16-12-25)23(32)26(9-10-26)18-3-5-19(27)6-4-18/h3-6,20-21H,2,7-17H2,1H3,(H,28,31)/t21-/m1/s1. The Labute approximate surface area is 206 Å². The van der Waals surface area contributed by atoms with Crippen LogP contribution in [0, 0.1) is 11.3 Å². The third-order valence-corrected chi connectivity index (χ3v) is 8.73. The van der Waals surface area contributed by atoms with Crippen LogP contribution < -0.4 is 5.32 Å². The predicted octanol–water partition coefficient (Wildman–Crippen LogP) is 3.74. The smallest absolute Gasteiger partial charge is 0.409 e. The number of hydrogen-bond donors (Lipinski definition) is 1. The van der Waals surface area contributed by atoms with E-state index in [0.717, 1.165) is 63.6 Å². The average Bonchev–Trinajstić information content (AvgIpc) is 3.77. The monoisotopic (exact) mass is 487 g/mol. The Kier molecular flexibility index (Phi) is 6.25. The first-order chi connectivity index (χ1) is 16.4. The van der Waals surface area contributed by atoms with E-state index in [2.05, 4.69) is 5.32 Å². The van der Waals surface area contributed by atoms with Gasteiger partial charge in [0.05, 0.1) is 12.0 Å². The molecule has 184 valence electrons. The number of rotatable bonds is 5. The van der Waals surface area contributed by atoms with Crippen molar-refractivity contribution in [1.82, 2.24) is 15.1 Å². The molecule has 0 bridgehead atoms. The summed E-state index contributed by atoms with van der Waals surface area (Å²) in [6.45, 7) is 4.88. The third kappa shape index (κ3) is 4.39. The van der Waals surface area contributed by atoms with Crippen LogP contribution in [-0.2, 0) is 19.7 Å². The second-order valence-electron chi connectivity index (χ2n) is 10.5. The molecule has 2 saturated heterocycles. The summed E-state index contributed by atoms with van der Waals surface area (Å²) in [5.41, 5.74) is 0.761. The van der Waals surface area contributed by atoms with E-state index in [-0.39, 0.29) is 40.7 Å². The number of piperidine rings is 2. The third-order valence-electron chi connectivity index (χ3n) is 8.48. The number of hydrogen-bond acceptors (Lipinski definition) is 4.